The number of hydrogen-bond acceptors (Lipinski definition) is 8. The minimum absolute atomic E-state index is 0.0225. The molecule has 10 nitrogen and oxygen atoms in total. The first-order valence-corrected chi connectivity index (χ1v) is 14.5. The lowest BCUT2D eigenvalue weighted by atomic mass is 9.73. The first kappa shape index (κ1) is 28.1. The van der Waals surface area contributed by atoms with Crippen LogP contribution >= 0.6 is 0 Å². The minimum Gasteiger partial charge on any atom is -0.452 e. The lowest BCUT2D eigenvalue weighted by Crippen LogP contribution is -2.48. The van der Waals surface area contributed by atoms with Gasteiger partial charge in [-0.3, -0.25) is 4.79 Å². The van der Waals surface area contributed by atoms with E-state index in [1.54, 1.807) is 7.11 Å². The molecule has 11 heteroatoms. The van der Waals surface area contributed by atoms with E-state index < -0.39 is 42.8 Å². The number of Topliss-reactive ketones (excluding diaryl/α,β-unsaturated/α-hetero) is 1. The second-order valence-corrected chi connectivity index (χ2v) is 14.3. The van der Waals surface area contributed by atoms with Crippen LogP contribution in [0.25, 0.3) is 5.53 Å². The largest absolute Gasteiger partial charge is 0.452 e. The van der Waals surface area contributed by atoms with Gasteiger partial charge in [-0.25, -0.2) is 4.79 Å². The lowest BCUT2D eigenvalue weighted by Gasteiger charge is -2.36. The maximum absolute atomic E-state index is 12.3. The maximum atomic E-state index is 12.3. The van der Waals surface area contributed by atoms with Crippen molar-refractivity contribution in [1.82, 2.24) is 0 Å². The van der Waals surface area contributed by atoms with Crippen molar-refractivity contribution in [1.29, 1.82) is 0 Å². The van der Waals surface area contributed by atoms with Gasteiger partial charge in [0.25, 0.3) is 0 Å². The average Bonchev–Trinajstić information content (AvgIpc) is 2.91. The van der Waals surface area contributed by atoms with Crippen LogP contribution in [-0.2, 0) is 38.0 Å². The smallest absolute Gasteiger partial charge is 0.441 e. The Morgan fingerprint density at radius 1 is 1.26 bits per heavy atom. The summed E-state index contributed by atoms with van der Waals surface area (Å²) in [5.41, 5.74) is 10.3. The molecule has 188 valence electrons. The molecule has 0 amide bonds. The summed E-state index contributed by atoms with van der Waals surface area (Å²) in [6.07, 6.45) is 1.96. The molecule has 0 spiro atoms. The number of carbonyl (C=O) groups excluding carboxylic acids is 2. The molecule has 0 aromatic carbocycles. The fourth-order valence-electron chi connectivity index (χ4n) is 4.08. The molecule has 0 unspecified atom stereocenters. The lowest BCUT2D eigenvalue weighted by molar-refractivity contribution is -0.147. The molecule has 1 heterocycles. The summed E-state index contributed by atoms with van der Waals surface area (Å²) in [5.74, 6) is 1.46. The number of fused-ring (bicyclic) bond motifs is 2. The molecule has 1 fully saturated rings. The van der Waals surface area contributed by atoms with Gasteiger partial charge < -0.3 is 34.0 Å². The highest BCUT2D eigenvalue weighted by Crippen LogP contribution is 2.52. The standard InChI is InChI=1S/C23H34N2O8Si/c1-16(26)19(25-24)21(27)31-12-17-8-9-18-20(32-15-29-4)23(17,10-11-34(5,6)7)33-22(18,2)13-30-14-28-3/h8,18,20H,9,12-15H2,1-7H3/t18-,20-,22+,23+/m1/s1. The highest BCUT2D eigenvalue weighted by Gasteiger charge is 2.64. The van der Waals surface area contributed by atoms with Gasteiger partial charge in [-0.1, -0.05) is 31.6 Å². The summed E-state index contributed by atoms with van der Waals surface area (Å²) in [6, 6.07) is 0. The predicted molar refractivity (Wildman–Crippen MR) is 124 cm³/mol. The van der Waals surface area contributed by atoms with Gasteiger partial charge in [-0.05, 0) is 13.3 Å². The Bertz CT molecular complexity index is 927. The Balaban J connectivity index is 2.48. The fraction of sp³-hybridized carbons (Fsp3) is 0.696. The van der Waals surface area contributed by atoms with Crippen LogP contribution in [0.5, 0.6) is 0 Å². The van der Waals surface area contributed by atoms with E-state index in [4.69, 9.17) is 34.0 Å². The quantitative estimate of drug-likeness (QED) is 0.0406. The second kappa shape index (κ2) is 11.5. The van der Waals surface area contributed by atoms with Gasteiger partial charge in [-0.2, -0.15) is 4.79 Å². The van der Waals surface area contributed by atoms with Crippen molar-refractivity contribution in [3.8, 4) is 11.5 Å². The van der Waals surface area contributed by atoms with Crippen molar-refractivity contribution < 1.29 is 42.8 Å². The van der Waals surface area contributed by atoms with Crippen LogP contribution in [0.3, 0.4) is 0 Å². The maximum Gasteiger partial charge on any atom is 0.441 e. The summed E-state index contributed by atoms with van der Waals surface area (Å²) in [6.45, 7) is 9.52. The third-order valence-corrected chi connectivity index (χ3v) is 6.48. The zero-order chi connectivity index (χ0) is 25.6. The number of methoxy groups -OCH3 is 2. The second-order valence-electron chi connectivity index (χ2n) is 9.55. The van der Waals surface area contributed by atoms with Crippen LogP contribution in [0.1, 0.15) is 20.3 Å². The highest BCUT2D eigenvalue weighted by atomic mass is 28.3. The van der Waals surface area contributed by atoms with Crippen LogP contribution in [0.15, 0.2) is 11.6 Å². The molecular formula is C23H34N2O8Si. The zero-order valence-corrected chi connectivity index (χ0v) is 21.9. The van der Waals surface area contributed by atoms with Crippen molar-refractivity contribution in [2.24, 2.45) is 5.92 Å². The predicted octanol–water partition coefficient (Wildman–Crippen LogP) is 1.75. The van der Waals surface area contributed by atoms with Crippen molar-refractivity contribution in [2.45, 2.75) is 57.2 Å². The van der Waals surface area contributed by atoms with Gasteiger partial charge >= 0.3 is 11.7 Å². The third-order valence-electron chi connectivity index (χ3n) is 5.60. The van der Waals surface area contributed by atoms with E-state index in [1.165, 1.54) is 7.11 Å². The van der Waals surface area contributed by atoms with E-state index in [0.29, 0.717) is 12.0 Å². The number of nitrogens with zero attached hydrogens (tertiary/aromatic N) is 2. The molecule has 1 aliphatic heterocycles. The number of hydrogen-bond donors (Lipinski definition) is 0. The monoisotopic (exact) mass is 494 g/mol. The number of ketones is 1. The first-order chi connectivity index (χ1) is 15.9. The molecule has 0 saturated carbocycles. The fourth-order valence-corrected chi connectivity index (χ4v) is 4.64. The topological polar surface area (TPSA) is 126 Å². The van der Waals surface area contributed by atoms with Gasteiger partial charge in [0, 0.05) is 32.6 Å². The Kier molecular flexibility index (Phi) is 9.50. The van der Waals surface area contributed by atoms with Crippen LogP contribution in [0.2, 0.25) is 19.6 Å². The van der Waals surface area contributed by atoms with Crippen molar-refractivity contribution in [3.63, 3.8) is 0 Å². The number of esters is 1. The highest BCUT2D eigenvalue weighted by molar-refractivity contribution is 6.83. The van der Waals surface area contributed by atoms with Crippen LogP contribution in [0.4, 0.5) is 0 Å². The molecule has 2 bridgehead atoms. The number of carbonyl (C=O) groups is 2. The van der Waals surface area contributed by atoms with E-state index in [1.807, 2.05) is 13.0 Å². The Morgan fingerprint density at radius 3 is 2.50 bits per heavy atom. The summed E-state index contributed by atoms with van der Waals surface area (Å²) in [4.78, 5) is 26.6. The number of ether oxygens (including phenoxy) is 6. The van der Waals surface area contributed by atoms with Crippen LogP contribution in [0, 0.1) is 17.4 Å². The molecule has 0 N–H and O–H groups in total. The van der Waals surface area contributed by atoms with Crippen molar-refractivity contribution in [2.75, 3.05) is 41.0 Å². The summed E-state index contributed by atoms with van der Waals surface area (Å²) in [5, 5.41) is 0. The van der Waals surface area contributed by atoms with E-state index >= 15 is 0 Å². The van der Waals surface area contributed by atoms with E-state index in [2.05, 4.69) is 35.9 Å². The summed E-state index contributed by atoms with van der Waals surface area (Å²) in [7, 11) is 1.22. The molecule has 0 radical (unpaired) electrons. The molecular weight excluding hydrogens is 460 g/mol. The zero-order valence-electron chi connectivity index (χ0n) is 20.9. The van der Waals surface area contributed by atoms with Gasteiger partial charge in [0.15, 0.2) is 5.60 Å². The van der Waals surface area contributed by atoms with Crippen molar-refractivity contribution >= 4 is 25.5 Å². The molecule has 34 heavy (non-hydrogen) atoms. The molecule has 4 atom stereocenters. The SMILES string of the molecule is COCOC[C@]1(C)O[C@@]2(C#C[Si](C)(C)C)C(COC(=O)C(=[N+]=[N-])C(C)=O)=CC[C@@H]1[C@H]2OCOC. The van der Waals surface area contributed by atoms with E-state index in [0.717, 1.165) is 6.92 Å². The Hall–Kier alpha value is -2.16. The van der Waals surface area contributed by atoms with Gasteiger partial charge in [0.05, 0.1) is 12.2 Å². The number of allylic oxidation sites excluding steroid dienone is 1. The molecule has 2 aliphatic rings. The van der Waals surface area contributed by atoms with Crippen molar-refractivity contribution in [3.05, 3.63) is 17.2 Å². The first-order valence-electron chi connectivity index (χ1n) is 11.0. The molecule has 0 aromatic rings. The third kappa shape index (κ3) is 6.28. The summed E-state index contributed by atoms with van der Waals surface area (Å²) < 4.78 is 34.0. The van der Waals surface area contributed by atoms with E-state index in [9.17, 15) is 9.59 Å². The van der Waals surface area contributed by atoms with Gasteiger partial charge in [0.2, 0.25) is 5.78 Å². The average molecular weight is 495 g/mol. The Morgan fingerprint density at radius 2 is 1.94 bits per heavy atom. The van der Waals surface area contributed by atoms with Crippen LogP contribution < -0.4 is 0 Å². The van der Waals surface area contributed by atoms with Gasteiger partial charge in [0.1, 0.15) is 34.4 Å². The molecule has 0 aromatic heterocycles. The molecule has 2 rings (SSSR count). The number of rotatable bonds is 11. The summed E-state index contributed by atoms with van der Waals surface area (Å²) >= 11 is 0. The Labute approximate surface area is 201 Å². The van der Waals surface area contributed by atoms with Crippen LogP contribution in [-0.4, -0.2) is 88.7 Å². The molecule has 1 aliphatic carbocycles. The normalized spacial score (nSPS) is 27.8. The van der Waals surface area contributed by atoms with Gasteiger partial charge in [-0.15, -0.1) is 5.54 Å². The molecule has 1 saturated heterocycles. The van der Waals surface area contributed by atoms with E-state index in [-0.39, 0.29) is 32.7 Å². The minimum atomic E-state index is -1.85.